The second kappa shape index (κ2) is 8.34. The van der Waals surface area contributed by atoms with Crippen molar-refractivity contribution >= 4 is 23.4 Å². The summed E-state index contributed by atoms with van der Waals surface area (Å²) < 4.78 is 5.46. The Morgan fingerprint density at radius 1 is 1.17 bits per heavy atom. The van der Waals surface area contributed by atoms with Crippen LogP contribution in [0.15, 0.2) is 34.7 Å². The fourth-order valence-corrected chi connectivity index (χ4v) is 3.51. The molecule has 1 aliphatic rings. The van der Waals surface area contributed by atoms with Gasteiger partial charge in [0.25, 0.3) is 5.91 Å². The van der Waals surface area contributed by atoms with Crippen molar-refractivity contribution in [3.8, 4) is 0 Å². The number of nitrogens with one attached hydrogen (secondary N) is 2. The topological polar surface area (TPSA) is 91.7 Å². The third kappa shape index (κ3) is 4.90. The van der Waals surface area contributed by atoms with Crippen LogP contribution in [0.2, 0.25) is 0 Å². The van der Waals surface area contributed by atoms with Gasteiger partial charge in [-0.3, -0.25) is 14.4 Å². The minimum absolute atomic E-state index is 0.0133. The molecule has 0 bridgehead atoms. The summed E-state index contributed by atoms with van der Waals surface area (Å²) in [5, 5.41) is 5.72. The number of aryl methyl sites for hydroxylation is 2. The molecule has 160 valence electrons. The van der Waals surface area contributed by atoms with Gasteiger partial charge < -0.3 is 20.0 Å². The zero-order valence-corrected chi connectivity index (χ0v) is 18.2. The van der Waals surface area contributed by atoms with E-state index in [1.54, 1.807) is 23.1 Å². The fraction of sp³-hybridized carbons (Fsp3) is 0.435. The number of furan rings is 1. The number of rotatable bonds is 5. The average Bonchev–Trinajstić information content (AvgIpc) is 3.26. The Morgan fingerprint density at radius 3 is 2.50 bits per heavy atom. The van der Waals surface area contributed by atoms with Crippen molar-refractivity contribution in [1.82, 2.24) is 10.2 Å². The average molecular weight is 412 g/mol. The van der Waals surface area contributed by atoms with Gasteiger partial charge in [-0.15, -0.1) is 0 Å². The van der Waals surface area contributed by atoms with Crippen LogP contribution in [0.5, 0.6) is 0 Å². The molecule has 0 radical (unpaired) electrons. The minimum atomic E-state index is -0.407. The Morgan fingerprint density at radius 2 is 1.90 bits per heavy atom. The van der Waals surface area contributed by atoms with Crippen molar-refractivity contribution in [3.05, 3.63) is 53.0 Å². The molecule has 1 fully saturated rings. The largest absolute Gasteiger partial charge is 0.465 e. The summed E-state index contributed by atoms with van der Waals surface area (Å²) >= 11 is 0. The molecule has 2 aromatic rings. The van der Waals surface area contributed by atoms with Crippen molar-refractivity contribution in [3.63, 3.8) is 0 Å². The minimum Gasteiger partial charge on any atom is -0.465 e. The lowest BCUT2D eigenvalue weighted by atomic mass is 10.1. The van der Waals surface area contributed by atoms with Crippen molar-refractivity contribution < 1.29 is 18.8 Å². The van der Waals surface area contributed by atoms with Gasteiger partial charge in [0.05, 0.1) is 12.5 Å². The molecule has 2 N–H and O–H groups in total. The van der Waals surface area contributed by atoms with Crippen LogP contribution in [-0.2, 0) is 16.1 Å². The van der Waals surface area contributed by atoms with E-state index in [-0.39, 0.29) is 36.2 Å². The van der Waals surface area contributed by atoms with Crippen LogP contribution < -0.4 is 10.6 Å². The molecule has 1 aromatic carbocycles. The molecule has 7 heteroatoms. The van der Waals surface area contributed by atoms with Gasteiger partial charge in [-0.25, -0.2) is 0 Å². The van der Waals surface area contributed by atoms with Gasteiger partial charge in [-0.2, -0.15) is 0 Å². The molecule has 2 heterocycles. The predicted octanol–water partition coefficient (Wildman–Crippen LogP) is 3.41. The molecular weight excluding hydrogens is 382 g/mol. The Bertz CT molecular complexity index is 971. The highest BCUT2D eigenvalue weighted by Gasteiger charge is 2.39. The number of nitrogens with zero attached hydrogens (tertiary/aromatic N) is 1. The summed E-state index contributed by atoms with van der Waals surface area (Å²) in [5.41, 5.74) is 1.55. The van der Waals surface area contributed by atoms with Gasteiger partial charge in [-0.1, -0.05) is 6.07 Å². The van der Waals surface area contributed by atoms with Gasteiger partial charge in [0.15, 0.2) is 0 Å². The summed E-state index contributed by atoms with van der Waals surface area (Å²) in [6.07, 6.45) is 0.199. The number of carbonyl (C=O) groups is 3. The maximum absolute atomic E-state index is 12.8. The first-order valence-electron chi connectivity index (χ1n) is 10.1. The maximum Gasteiger partial charge on any atom is 0.251 e. The molecule has 0 saturated carbocycles. The smallest absolute Gasteiger partial charge is 0.251 e. The first-order valence-corrected chi connectivity index (χ1v) is 10.1. The molecule has 1 aromatic heterocycles. The van der Waals surface area contributed by atoms with Crippen LogP contribution in [0.25, 0.3) is 0 Å². The van der Waals surface area contributed by atoms with E-state index in [1.165, 1.54) is 0 Å². The molecule has 0 spiro atoms. The van der Waals surface area contributed by atoms with Gasteiger partial charge in [0.1, 0.15) is 11.5 Å². The van der Waals surface area contributed by atoms with Gasteiger partial charge >= 0.3 is 0 Å². The van der Waals surface area contributed by atoms with E-state index < -0.39 is 5.92 Å². The number of hydrogen-bond donors (Lipinski definition) is 2. The molecule has 7 nitrogen and oxygen atoms in total. The van der Waals surface area contributed by atoms with Crippen molar-refractivity contribution in [2.45, 2.75) is 53.1 Å². The zero-order valence-electron chi connectivity index (χ0n) is 18.2. The highest BCUT2D eigenvalue weighted by molar-refractivity contribution is 6.00. The van der Waals surface area contributed by atoms with Gasteiger partial charge in [-0.05, 0) is 64.4 Å². The monoisotopic (exact) mass is 411 g/mol. The Balaban J connectivity index is 1.65. The lowest BCUT2D eigenvalue weighted by Crippen LogP contribution is -2.42. The predicted molar refractivity (Wildman–Crippen MR) is 114 cm³/mol. The molecule has 1 unspecified atom stereocenters. The van der Waals surface area contributed by atoms with E-state index in [0.29, 0.717) is 23.6 Å². The van der Waals surface area contributed by atoms with Crippen LogP contribution in [-0.4, -0.2) is 34.7 Å². The third-order valence-corrected chi connectivity index (χ3v) is 5.28. The van der Waals surface area contributed by atoms with Gasteiger partial charge in [0, 0.05) is 29.8 Å². The number of carbonyl (C=O) groups excluding carboxylic acids is 3. The second-order valence-corrected chi connectivity index (χ2v) is 8.79. The second-order valence-electron chi connectivity index (χ2n) is 8.79. The van der Waals surface area contributed by atoms with Gasteiger partial charge in [0.2, 0.25) is 11.8 Å². The third-order valence-electron chi connectivity index (χ3n) is 5.28. The van der Waals surface area contributed by atoms with E-state index in [1.807, 2.05) is 46.8 Å². The summed E-state index contributed by atoms with van der Waals surface area (Å²) in [6, 6.07) is 8.83. The van der Waals surface area contributed by atoms with E-state index >= 15 is 0 Å². The lowest BCUT2D eigenvalue weighted by Gasteiger charge is -2.32. The number of anilines is 1. The van der Waals surface area contributed by atoms with Crippen molar-refractivity contribution in [2.24, 2.45) is 5.92 Å². The standard InChI is InChI=1S/C23H29N3O4/c1-14-6-8-16(21(28)24-12-18-9-7-15(2)30-18)10-19(14)25-22(29)17-11-20(27)26(13-17)23(3,4)5/h6-10,17H,11-13H2,1-5H3,(H,24,28)(H,25,29). The fourth-order valence-electron chi connectivity index (χ4n) is 3.51. The summed E-state index contributed by atoms with van der Waals surface area (Å²) in [4.78, 5) is 39.3. The molecule has 1 aliphatic heterocycles. The Labute approximate surface area is 176 Å². The molecule has 1 atom stereocenters. The van der Waals surface area contributed by atoms with E-state index in [0.717, 1.165) is 11.3 Å². The summed E-state index contributed by atoms with van der Waals surface area (Å²) in [6.45, 7) is 10.3. The zero-order chi connectivity index (χ0) is 22.1. The highest BCUT2D eigenvalue weighted by atomic mass is 16.3. The molecule has 3 amide bonds. The molecule has 0 aliphatic carbocycles. The highest BCUT2D eigenvalue weighted by Crippen LogP contribution is 2.27. The van der Waals surface area contributed by atoms with Crippen LogP contribution >= 0.6 is 0 Å². The van der Waals surface area contributed by atoms with Crippen molar-refractivity contribution in [1.29, 1.82) is 0 Å². The van der Waals surface area contributed by atoms with E-state index in [2.05, 4.69) is 10.6 Å². The number of amides is 3. The molecule has 1 saturated heterocycles. The lowest BCUT2D eigenvalue weighted by molar-refractivity contribution is -0.131. The number of likely N-dealkylation sites (tertiary alicyclic amines) is 1. The molecular formula is C23H29N3O4. The number of benzene rings is 1. The Kier molecular flexibility index (Phi) is 6.01. The normalized spacial score (nSPS) is 16.6. The van der Waals surface area contributed by atoms with Crippen LogP contribution in [0, 0.1) is 19.8 Å². The van der Waals surface area contributed by atoms with Crippen molar-refractivity contribution in [2.75, 3.05) is 11.9 Å². The van der Waals surface area contributed by atoms with Crippen LogP contribution in [0.1, 0.15) is 54.6 Å². The van der Waals surface area contributed by atoms with E-state index in [4.69, 9.17) is 4.42 Å². The van der Waals surface area contributed by atoms with Crippen LogP contribution in [0.3, 0.4) is 0 Å². The first-order chi connectivity index (χ1) is 14.0. The maximum atomic E-state index is 12.8. The first kappa shape index (κ1) is 21.6. The Hall–Kier alpha value is -3.09. The summed E-state index contributed by atoms with van der Waals surface area (Å²) in [5.74, 6) is 0.582. The number of hydrogen-bond acceptors (Lipinski definition) is 4. The molecule has 3 rings (SSSR count). The molecule has 30 heavy (non-hydrogen) atoms. The quantitative estimate of drug-likeness (QED) is 0.789. The van der Waals surface area contributed by atoms with Crippen LogP contribution in [0.4, 0.5) is 5.69 Å². The van der Waals surface area contributed by atoms with E-state index in [9.17, 15) is 14.4 Å². The SMILES string of the molecule is Cc1ccc(CNC(=O)c2ccc(C)c(NC(=O)C3CC(=O)N(C(C)(C)C)C3)c2)o1. The summed E-state index contributed by atoms with van der Waals surface area (Å²) in [7, 11) is 0.